The molecule has 1 saturated carbocycles. The van der Waals surface area contributed by atoms with Crippen LogP contribution in [0.4, 0.5) is 4.39 Å². The highest BCUT2D eigenvalue weighted by Gasteiger charge is 2.43. The summed E-state index contributed by atoms with van der Waals surface area (Å²) in [5, 5.41) is 0.239. The number of halogens is 1. The number of fused-ring (bicyclic) bond motifs is 1. The van der Waals surface area contributed by atoms with Crippen molar-refractivity contribution in [2.45, 2.75) is 50.6 Å². The van der Waals surface area contributed by atoms with E-state index in [1.807, 2.05) is 6.07 Å². The fourth-order valence-electron chi connectivity index (χ4n) is 3.79. The van der Waals surface area contributed by atoms with Gasteiger partial charge in [-0.2, -0.15) is 4.98 Å². The van der Waals surface area contributed by atoms with Gasteiger partial charge in [0.25, 0.3) is 5.56 Å². The number of rotatable bonds is 6. The molecular weight excluding hydrogens is 347 g/mol. The minimum atomic E-state index is -1.45. The fourth-order valence-corrected chi connectivity index (χ4v) is 3.79. The van der Waals surface area contributed by atoms with Crippen molar-refractivity contribution >= 4 is 11.1 Å². The summed E-state index contributed by atoms with van der Waals surface area (Å²) in [6.45, 7) is 1.27. The Balaban J connectivity index is 1.59. The Kier molecular flexibility index (Phi) is 4.42. The number of aryl methyl sites for hydroxylation is 1. The normalized spacial score (nSPS) is 16.4. The van der Waals surface area contributed by atoms with Crippen LogP contribution in [0, 0.1) is 0 Å². The summed E-state index contributed by atoms with van der Waals surface area (Å²) in [5.74, 6) is -0.131. The molecule has 27 heavy (non-hydrogen) atoms. The van der Waals surface area contributed by atoms with E-state index in [-0.39, 0.29) is 22.3 Å². The molecule has 0 amide bonds. The maximum Gasteiger partial charge on any atom is 0.337 e. The van der Waals surface area contributed by atoms with Gasteiger partial charge in [-0.25, -0.2) is 9.18 Å². The average Bonchev–Trinajstić information content (AvgIpc) is 3.42. The number of aromatic nitrogens is 2. The second kappa shape index (κ2) is 6.76. The number of alkyl halides is 1. The zero-order valence-electron chi connectivity index (χ0n) is 15.1. The van der Waals surface area contributed by atoms with Gasteiger partial charge in [-0.3, -0.25) is 4.79 Å². The third-order valence-electron chi connectivity index (χ3n) is 5.43. The molecule has 1 atom stereocenters. The maximum atomic E-state index is 13.5. The molecular formula is C21H21FN2O3. The van der Waals surface area contributed by atoms with Crippen LogP contribution >= 0.6 is 0 Å². The monoisotopic (exact) mass is 368 g/mol. The lowest BCUT2D eigenvalue weighted by molar-refractivity contribution is 0.355. The number of hydrogen-bond acceptors (Lipinski definition) is 4. The van der Waals surface area contributed by atoms with Gasteiger partial charge >= 0.3 is 5.63 Å². The summed E-state index contributed by atoms with van der Waals surface area (Å²) in [5.41, 5.74) is 1.04. The van der Waals surface area contributed by atoms with Crippen LogP contribution in [0.2, 0.25) is 0 Å². The lowest BCUT2D eigenvalue weighted by Gasteiger charge is -2.15. The number of nitrogens with zero attached hydrogens (tertiary/aromatic N) is 1. The van der Waals surface area contributed by atoms with Gasteiger partial charge in [-0.05, 0) is 55.6 Å². The Morgan fingerprint density at radius 3 is 2.67 bits per heavy atom. The van der Waals surface area contributed by atoms with Crippen molar-refractivity contribution < 1.29 is 8.81 Å². The van der Waals surface area contributed by atoms with Gasteiger partial charge in [0.1, 0.15) is 11.2 Å². The summed E-state index contributed by atoms with van der Waals surface area (Å²) >= 11 is 0. The van der Waals surface area contributed by atoms with Crippen molar-refractivity contribution in [1.82, 2.24) is 9.97 Å². The number of aromatic amines is 1. The molecule has 0 saturated heterocycles. The maximum absolute atomic E-state index is 13.5. The van der Waals surface area contributed by atoms with Gasteiger partial charge in [0.05, 0.1) is 0 Å². The van der Waals surface area contributed by atoms with Crippen molar-refractivity contribution in [1.29, 1.82) is 0 Å². The van der Waals surface area contributed by atoms with Crippen molar-refractivity contribution in [2.24, 2.45) is 0 Å². The van der Waals surface area contributed by atoms with Gasteiger partial charge in [-0.1, -0.05) is 30.3 Å². The minimum absolute atomic E-state index is 0.0926. The van der Waals surface area contributed by atoms with E-state index < -0.39 is 17.4 Å². The molecule has 1 aliphatic carbocycles. The van der Waals surface area contributed by atoms with Gasteiger partial charge in [-0.15, -0.1) is 0 Å². The first kappa shape index (κ1) is 17.6. The molecule has 1 aromatic carbocycles. The summed E-state index contributed by atoms with van der Waals surface area (Å²) in [6.07, 6.45) is 3.28. The lowest BCUT2D eigenvalue weighted by Crippen LogP contribution is -2.17. The van der Waals surface area contributed by atoms with Crippen molar-refractivity contribution in [3.8, 4) is 0 Å². The molecule has 2 heterocycles. The van der Waals surface area contributed by atoms with Crippen LogP contribution in [0.15, 0.2) is 50.4 Å². The van der Waals surface area contributed by atoms with E-state index >= 15 is 0 Å². The van der Waals surface area contributed by atoms with Gasteiger partial charge < -0.3 is 9.40 Å². The summed E-state index contributed by atoms with van der Waals surface area (Å²) in [4.78, 5) is 30.7. The Labute approximate surface area is 155 Å². The van der Waals surface area contributed by atoms with Crippen LogP contribution in [0.25, 0.3) is 11.1 Å². The molecule has 3 aromatic rings. The highest BCUT2D eigenvalue weighted by Crippen LogP contribution is 2.51. The molecule has 5 nitrogen and oxygen atoms in total. The molecule has 4 rings (SSSR count). The summed E-state index contributed by atoms with van der Waals surface area (Å²) < 4.78 is 18.5. The third-order valence-corrected chi connectivity index (χ3v) is 5.43. The van der Waals surface area contributed by atoms with E-state index in [1.165, 1.54) is 18.6 Å². The van der Waals surface area contributed by atoms with Crippen LogP contribution < -0.4 is 11.2 Å². The largest absolute Gasteiger partial charge is 0.403 e. The van der Waals surface area contributed by atoms with E-state index in [9.17, 15) is 14.0 Å². The van der Waals surface area contributed by atoms with Crippen LogP contribution in [0.1, 0.15) is 55.7 Å². The fraction of sp³-hybridized carbons (Fsp3) is 0.381. The lowest BCUT2D eigenvalue weighted by atomic mass is 9.89. The van der Waals surface area contributed by atoms with Crippen LogP contribution in [-0.2, 0) is 11.8 Å². The first-order valence-electron chi connectivity index (χ1n) is 9.25. The number of hydrogen-bond donors (Lipinski definition) is 1. The number of H-pyrrole nitrogens is 1. The Morgan fingerprint density at radius 1 is 1.26 bits per heavy atom. The van der Waals surface area contributed by atoms with Crippen molar-refractivity contribution in [3.63, 3.8) is 0 Å². The third kappa shape index (κ3) is 3.44. The molecule has 1 unspecified atom stereocenters. The van der Waals surface area contributed by atoms with Crippen LogP contribution in [-0.4, -0.2) is 9.97 Å². The van der Waals surface area contributed by atoms with Gasteiger partial charge in [0.15, 0.2) is 6.17 Å². The molecule has 140 valence electrons. The molecule has 2 aromatic heterocycles. The van der Waals surface area contributed by atoms with Crippen LogP contribution in [0.5, 0.6) is 0 Å². The Morgan fingerprint density at radius 2 is 2.00 bits per heavy atom. The van der Waals surface area contributed by atoms with E-state index in [0.717, 1.165) is 25.7 Å². The van der Waals surface area contributed by atoms with E-state index in [0.29, 0.717) is 12.0 Å². The Hall–Kier alpha value is -2.76. The zero-order valence-corrected chi connectivity index (χ0v) is 15.1. The minimum Gasteiger partial charge on any atom is -0.403 e. The second-order valence-electron chi connectivity index (χ2n) is 7.34. The number of nitrogens with one attached hydrogen (secondary N) is 1. The molecule has 1 N–H and O–H groups in total. The Bertz CT molecular complexity index is 1080. The average molecular weight is 368 g/mol. The standard InChI is InChI=1S/C21H21FN2O3/c1-13(22)18-23-19(26)17-14(12-16(25)27-20(17)24-18)6-5-9-21(10-11-21)15-7-3-2-4-8-15/h2-4,7-8,12-13H,5-6,9-11H2,1H3,(H,23,24,26). The smallest absolute Gasteiger partial charge is 0.337 e. The predicted octanol–water partition coefficient (Wildman–Crippen LogP) is 3.96. The highest BCUT2D eigenvalue weighted by atomic mass is 19.1. The highest BCUT2D eigenvalue weighted by molar-refractivity contribution is 5.75. The molecule has 0 aliphatic heterocycles. The van der Waals surface area contributed by atoms with Gasteiger partial charge in [0.2, 0.25) is 5.71 Å². The summed E-state index contributed by atoms with van der Waals surface area (Å²) in [6, 6.07) is 11.8. The first-order valence-corrected chi connectivity index (χ1v) is 9.25. The zero-order chi connectivity index (χ0) is 19.0. The molecule has 6 heteroatoms. The van der Waals surface area contributed by atoms with E-state index in [2.05, 4.69) is 34.2 Å². The van der Waals surface area contributed by atoms with Crippen molar-refractivity contribution in [2.75, 3.05) is 0 Å². The number of benzene rings is 1. The van der Waals surface area contributed by atoms with E-state index in [1.54, 1.807) is 0 Å². The van der Waals surface area contributed by atoms with Gasteiger partial charge in [0, 0.05) is 6.07 Å². The van der Waals surface area contributed by atoms with E-state index in [4.69, 9.17) is 4.42 Å². The topological polar surface area (TPSA) is 76.0 Å². The predicted molar refractivity (Wildman–Crippen MR) is 101 cm³/mol. The molecule has 0 spiro atoms. The molecule has 0 radical (unpaired) electrons. The summed E-state index contributed by atoms with van der Waals surface area (Å²) in [7, 11) is 0. The molecule has 0 bridgehead atoms. The SMILES string of the molecule is CC(F)c1nc2oc(=O)cc(CCCC3(c4ccccc4)CC3)c2c(=O)[nH]1. The first-order chi connectivity index (χ1) is 13.0. The quantitative estimate of drug-likeness (QED) is 0.714. The second-order valence-corrected chi connectivity index (χ2v) is 7.34. The molecule has 1 fully saturated rings. The van der Waals surface area contributed by atoms with Crippen LogP contribution in [0.3, 0.4) is 0 Å². The molecule has 1 aliphatic rings. The van der Waals surface area contributed by atoms with Crippen molar-refractivity contribution in [3.05, 3.63) is 74.1 Å².